The first-order chi connectivity index (χ1) is 13.6. The molecule has 0 saturated heterocycles. The van der Waals surface area contributed by atoms with E-state index in [9.17, 15) is 9.18 Å². The first kappa shape index (κ1) is 20.4. The van der Waals surface area contributed by atoms with Crippen LogP contribution in [0.5, 0.6) is 0 Å². The van der Waals surface area contributed by atoms with Crippen molar-refractivity contribution in [1.29, 1.82) is 0 Å². The Kier molecular flexibility index (Phi) is 7.46. The molecule has 3 aromatic rings. The zero-order valence-corrected chi connectivity index (χ0v) is 17.2. The van der Waals surface area contributed by atoms with Crippen LogP contribution in [0.15, 0.2) is 70.4 Å². The largest absolute Gasteiger partial charge is 0.330 e. The van der Waals surface area contributed by atoms with Crippen LogP contribution in [0.3, 0.4) is 0 Å². The predicted molar refractivity (Wildman–Crippen MR) is 116 cm³/mol. The molecular formula is C19H17FN4OS3. The van der Waals surface area contributed by atoms with Gasteiger partial charge in [0.25, 0.3) is 0 Å². The summed E-state index contributed by atoms with van der Waals surface area (Å²) < 4.78 is 13.9. The number of amides is 1. The summed E-state index contributed by atoms with van der Waals surface area (Å²) in [5, 5.41) is 14.5. The molecule has 2 aromatic carbocycles. The highest BCUT2D eigenvalue weighted by atomic mass is 32.2. The number of rotatable bonds is 9. The summed E-state index contributed by atoms with van der Waals surface area (Å²) in [5.74, 6) is 0.543. The molecule has 3 rings (SSSR count). The van der Waals surface area contributed by atoms with E-state index in [4.69, 9.17) is 0 Å². The Morgan fingerprint density at radius 3 is 2.86 bits per heavy atom. The molecule has 0 unspecified atom stereocenters. The quantitative estimate of drug-likeness (QED) is 0.347. The summed E-state index contributed by atoms with van der Waals surface area (Å²) in [4.78, 5) is 13.3. The van der Waals surface area contributed by atoms with Gasteiger partial charge in [-0.2, -0.15) is 0 Å². The highest BCUT2D eigenvalue weighted by Crippen LogP contribution is 2.29. The number of hydrogen-bond donors (Lipinski definition) is 2. The van der Waals surface area contributed by atoms with Gasteiger partial charge in [-0.25, -0.2) is 4.39 Å². The maximum absolute atomic E-state index is 13.2. The second kappa shape index (κ2) is 10.3. The van der Waals surface area contributed by atoms with Crippen molar-refractivity contribution < 1.29 is 9.18 Å². The Labute approximate surface area is 174 Å². The third-order valence-electron chi connectivity index (χ3n) is 3.33. The maximum Gasteiger partial charge on any atom is 0.234 e. The Morgan fingerprint density at radius 1 is 1.18 bits per heavy atom. The molecule has 1 aromatic heterocycles. The van der Waals surface area contributed by atoms with Gasteiger partial charge in [0.1, 0.15) is 5.82 Å². The number of nitrogens with zero attached hydrogens (tertiary/aromatic N) is 2. The van der Waals surface area contributed by atoms with E-state index in [1.807, 2.05) is 30.3 Å². The molecular weight excluding hydrogens is 415 g/mol. The lowest BCUT2D eigenvalue weighted by Gasteiger charge is -2.09. The molecule has 144 valence electrons. The Hall–Kier alpha value is -2.36. The van der Waals surface area contributed by atoms with Crippen LogP contribution in [-0.2, 0) is 4.79 Å². The van der Waals surface area contributed by atoms with Gasteiger partial charge in [-0.15, -0.1) is 28.5 Å². The number of thioether (sulfide) groups is 2. The van der Waals surface area contributed by atoms with Crippen LogP contribution in [0, 0.1) is 5.82 Å². The summed E-state index contributed by atoms with van der Waals surface area (Å²) in [7, 11) is 0. The average molecular weight is 433 g/mol. The molecule has 9 heteroatoms. The molecule has 0 atom stereocenters. The Morgan fingerprint density at radius 2 is 2.04 bits per heavy atom. The molecule has 1 amide bonds. The summed E-state index contributed by atoms with van der Waals surface area (Å²) in [6, 6.07) is 13.8. The molecule has 1 heterocycles. The van der Waals surface area contributed by atoms with E-state index in [2.05, 4.69) is 27.4 Å². The number of hydrogen-bond acceptors (Lipinski definition) is 7. The molecule has 0 aliphatic carbocycles. The first-order valence-electron chi connectivity index (χ1n) is 8.25. The van der Waals surface area contributed by atoms with Gasteiger partial charge in [0, 0.05) is 16.3 Å². The van der Waals surface area contributed by atoms with E-state index in [0.717, 1.165) is 16.3 Å². The average Bonchev–Trinajstić information content (AvgIpc) is 3.13. The Balaban J connectivity index is 1.53. The molecule has 28 heavy (non-hydrogen) atoms. The molecule has 2 N–H and O–H groups in total. The summed E-state index contributed by atoms with van der Waals surface area (Å²) in [6.45, 7) is 3.72. The lowest BCUT2D eigenvalue weighted by Crippen LogP contribution is -2.14. The fraction of sp³-hybridized carbons (Fsp3) is 0.105. The van der Waals surface area contributed by atoms with Crippen LogP contribution in [0.2, 0.25) is 0 Å². The highest BCUT2D eigenvalue weighted by molar-refractivity contribution is 8.01. The topological polar surface area (TPSA) is 66.9 Å². The van der Waals surface area contributed by atoms with Gasteiger partial charge < -0.3 is 10.6 Å². The van der Waals surface area contributed by atoms with Crippen LogP contribution in [0.1, 0.15) is 0 Å². The number of para-hydroxylation sites is 1. The van der Waals surface area contributed by atoms with Crippen LogP contribution < -0.4 is 10.6 Å². The third kappa shape index (κ3) is 6.08. The zero-order valence-electron chi connectivity index (χ0n) is 14.7. The van der Waals surface area contributed by atoms with Crippen molar-refractivity contribution in [2.45, 2.75) is 9.24 Å². The molecule has 0 aliphatic rings. The van der Waals surface area contributed by atoms with Gasteiger partial charge in [-0.1, -0.05) is 47.4 Å². The smallest absolute Gasteiger partial charge is 0.234 e. The lowest BCUT2D eigenvalue weighted by molar-refractivity contribution is -0.113. The third-order valence-corrected chi connectivity index (χ3v) is 6.37. The van der Waals surface area contributed by atoms with Gasteiger partial charge >= 0.3 is 0 Å². The Bertz CT molecular complexity index is 964. The van der Waals surface area contributed by atoms with E-state index >= 15 is 0 Å². The summed E-state index contributed by atoms with van der Waals surface area (Å²) in [6.07, 6.45) is 1.82. The molecule has 0 saturated carbocycles. The van der Waals surface area contributed by atoms with Gasteiger partial charge in [0.2, 0.25) is 11.0 Å². The number of carbonyl (C=O) groups is 1. The maximum atomic E-state index is 13.2. The first-order valence-corrected chi connectivity index (χ1v) is 11.0. The van der Waals surface area contributed by atoms with Gasteiger partial charge in [-0.05, 0) is 30.3 Å². The van der Waals surface area contributed by atoms with Gasteiger partial charge in [0.15, 0.2) is 4.34 Å². The monoisotopic (exact) mass is 432 g/mol. The SMILES string of the molecule is C=CCSc1ccccc1NC(=O)CSc1nnc(Nc2cccc(F)c2)s1. The molecule has 0 bridgehead atoms. The van der Waals surface area contributed by atoms with Crippen LogP contribution in [0.25, 0.3) is 0 Å². The normalized spacial score (nSPS) is 10.5. The van der Waals surface area contributed by atoms with Crippen LogP contribution in [-0.4, -0.2) is 27.6 Å². The lowest BCUT2D eigenvalue weighted by atomic mass is 10.3. The molecule has 0 spiro atoms. The van der Waals surface area contributed by atoms with Crippen molar-refractivity contribution in [2.75, 3.05) is 22.1 Å². The van der Waals surface area contributed by atoms with Crippen LogP contribution >= 0.6 is 34.9 Å². The summed E-state index contributed by atoms with van der Waals surface area (Å²) in [5.41, 5.74) is 1.38. The number of halogens is 1. The minimum Gasteiger partial charge on any atom is -0.330 e. The number of nitrogens with one attached hydrogen (secondary N) is 2. The second-order valence-corrected chi connectivity index (χ2v) is 8.70. The minimum atomic E-state index is -0.327. The van der Waals surface area contributed by atoms with Crippen molar-refractivity contribution in [3.63, 3.8) is 0 Å². The number of benzene rings is 2. The van der Waals surface area contributed by atoms with Crippen LogP contribution in [0.4, 0.5) is 20.9 Å². The zero-order chi connectivity index (χ0) is 19.8. The molecule has 0 fully saturated rings. The standard InChI is InChI=1S/C19H17FN4OS3/c1-2-10-26-16-9-4-3-8-15(16)22-17(25)12-27-19-24-23-18(28-19)21-14-7-5-6-13(20)11-14/h2-9,11H,1,10,12H2,(H,21,23)(H,22,25). The number of carbonyl (C=O) groups excluding carboxylic acids is 1. The predicted octanol–water partition coefficient (Wildman–Crippen LogP) is 5.43. The van der Waals surface area contributed by atoms with Crippen molar-refractivity contribution in [2.24, 2.45) is 0 Å². The second-order valence-electron chi connectivity index (χ2n) is 5.44. The van der Waals surface area contributed by atoms with Crippen molar-refractivity contribution in [3.8, 4) is 0 Å². The fourth-order valence-corrected chi connectivity index (χ4v) is 4.49. The van der Waals surface area contributed by atoms with E-state index in [0.29, 0.717) is 15.2 Å². The summed E-state index contributed by atoms with van der Waals surface area (Å²) >= 11 is 4.22. The highest BCUT2D eigenvalue weighted by Gasteiger charge is 2.11. The van der Waals surface area contributed by atoms with E-state index < -0.39 is 0 Å². The van der Waals surface area contributed by atoms with Crippen molar-refractivity contribution in [1.82, 2.24) is 10.2 Å². The minimum absolute atomic E-state index is 0.119. The molecule has 5 nitrogen and oxygen atoms in total. The van der Waals surface area contributed by atoms with E-state index in [1.54, 1.807) is 23.9 Å². The fourth-order valence-electron chi connectivity index (χ4n) is 2.17. The van der Waals surface area contributed by atoms with Gasteiger partial charge in [-0.3, -0.25) is 4.79 Å². The number of aromatic nitrogens is 2. The number of anilines is 3. The van der Waals surface area contributed by atoms with Crippen molar-refractivity contribution >= 4 is 57.3 Å². The molecule has 0 radical (unpaired) electrons. The van der Waals surface area contributed by atoms with Gasteiger partial charge in [0.05, 0.1) is 11.4 Å². The van der Waals surface area contributed by atoms with E-state index in [1.165, 1.54) is 35.2 Å². The van der Waals surface area contributed by atoms with Crippen molar-refractivity contribution in [3.05, 3.63) is 67.0 Å². The molecule has 0 aliphatic heterocycles. The van der Waals surface area contributed by atoms with E-state index in [-0.39, 0.29) is 17.5 Å².